The van der Waals surface area contributed by atoms with Crippen molar-refractivity contribution in [2.45, 2.75) is 51.7 Å². The van der Waals surface area contributed by atoms with Crippen LogP contribution in [0.3, 0.4) is 0 Å². The fraction of sp³-hybridized carbons (Fsp3) is 0.364. The van der Waals surface area contributed by atoms with Crippen molar-refractivity contribution in [3.05, 3.63) is 64.2 Å². The van der Waals surface area contributed by atoms with Gasteiger partial charge in [0.15, 0.2) is 11.2 Å². The average molecular weight is 422 g/mol. The molecule has 2 amide bonds. The summed E-state index contributed by atoms with van der Waals surface area (Å²) in [5, 5.41) is 5.22. The van der Waals surface area contributed by atoms with E-state index in [0.717, 1.165) is 49.0 Å². The average Bonchev–Trinajstić information content (AvgIpc) is 3.50. The van der Waals surface area contributed by atoms with Gasteiger partial charge in [-0.2, -0.15) is 0 Å². The van der Waals surface area contributed by atoms with Crippen LogP contribution in [0.25, 0.3) is 0 Å². The molecular formula is C22H23N5O2S. The topological polar surface area (TPSA) is 80.1 Å². The molecule has 4 heterocycles. The molecule has 2 aromatic heterocycles. The molecule has 0 saturated heterocycles. The lowest BCUT2D eigenvalue weighted by molar-refractivity contribution is -0.121. The normalized spacial score (nSPS) is 15.9. The zero-order chi connectivity index (χ0) is 20.7. The molecule has 1 N–H and O–H groups in total. The summed E-state index contributed by atoms with van der Waals surface area (Å²) < 4.78 is 2.09. The van der Waals surface area contributed by atoms with Gasteiger partial charge in [0.2, 0.25) is 0 Å². The first kappa shape index (κ1) is 19.0. The van der Waals surface area contributed by atoms with E-state index in [1.54, 1.807) is 17.4 Å². The Morgan fingerprint density at radius 3 is 3.03 bits per heavy atom. The minimum atomic E-state index is -0.780. The second-order valence-corrected chi connectivity index (χ2v) is 8.67. The third-order valence-electron chi connectivity index (χ3n) is 5.82. The smallest absolute Gasteiger partial charge is 0.255 e. The van der Waals surface area contributed by atoms with E-state index in [2.05, 4.69) is 32.8 Å². The van der Waals surface area contributed by atoms with Crippen molar-refractivity contribution in [2.24, 2.45) is 0 Å². The Bertz CT molecular complexity index is 1100. The zero-order valence-corrected chi connectivity index (χ0v) is 17.6. The fourth-order valence-electron chi connectivity index (χ4n) is 4.43. The summed E-state index contributed by atoms with van der Waals surface area (Å²) >= 11 is 1.36. The van der Waals surface area contributed by atoms with Crippen LogP contribution < -0.4 is 5.32 Å². The van der Waals surface area contributed by atoms with Crippen molar-refractivity contribution in [1.82, 2.24) is 19.4 Å². The molecule has 154 valence electrons. The van der Waals surface area contributed by atoms with Crippen molar-refractivity contribution in [1.29, 1.82) is 0 Å². The maximum atomic E-state index is 13.4. The molecule has 0 fully saturated rings. The summed E-state index contributed by atoms with van der Waals surface area (Å²) in [7, 11) is 0. The second kappa shape index (κ2) is 7.68. The summed E-state index contributed by atoms with van der Waals surface area (Å²) in [5.74, 6) is -0.379. The zero-order valence-electron chi connectivity index (χ0n) is 16.8. The number of amides is 2. The third-order valence-corrected chi connectivity index (χ3v) is 6.51. The number of fused-ring (bicyclic) bond motifs is 2. The monoisotopic (exact) mass is 421 g/mol. The van der Waals surface area contributed by atoms with E-state index < -0.39 is 6.04 Å². The first-order chi connectivity index (χ1) is 14.7. The molecular weight excluding hydrogens is 398 g/mol. The quantitative estimate of drug-likeness (QED) is 0.660. The minimum Gasteiger partial charge on any atom is -0.334 e. The Kier molecular flexibility index (Phi) is 4.86. The highest BCUT2D eigenvalue weighted by atomic mass is 32.1. The van der Waals surface area contributed by atoms with Gasteiger partial charge in [-0.25, -0.2) is 9.97 Å². The van der Waals surface area contributed by atoms with Crippen LogP contribution in [0.15, 0.2) is 36.1 Å². The molecule has 5 rings (SSSR count). The van der Waals surface area contributed by atoms with Gasteiger partial charge in [-0.15, -0.1) is 11.3 Å². The number of nitrogens with zero attached hydrogens (tertiary/aromatic N) is 4. The first-order valence-electron chi connectivity index (χ1n) is 10.3. The lowest BCUT2D eigenvalue weighted by atomic mass is 10.0. The number of aryl methyl sites for hydroxylation is 2. The highest BCUT2D eigenvalue weighted by Crippen LogP contribution is 2.35. The number of hydrogen-bond acceptors (Lipinski definition) is 5. The van der Waals surface area contributed by atoms with Gasteiger partial charge in [-0.3, -0.25) is 14.9 Å². The Labute approximate surface area is 178 Å². The van der Waals surface area contributed by atoms with E-state index in [4.69, 9.17) is 0 Å². The van der Waals surface area contributed by atoms with Crippen molar-refractivity contribution in [3.8, 4) is 0 Å². The highest BCUT2D eigenvalue weighted by molar-refractivity contribution is 7.13. The van der Waals surface area contributed by atoms with E-state index in [9.17, 15) is 9.59 Å². The molecule has 1 aromatic carbocycles. The number of anilines is 1. The maximum absolute atomic E-state index is 13.4. The van der Waals surface area contributed by atoms with Crippen LogP contribution in [-0.2, 0) is 30.7 Å². The minimum absolute atomic E-state index is 0.109. The van der Waals surface area contributed by atoms with Crippen LogP contribution in [0.1, 0.15) is 58.7 Å². The molecule has 0 bridgehead atoms. The highest BCUT2D eigenvalue weighted by Gasteiger charge is 2.40. The predicted octanol–water partition coefficient (Wildman–Crippen LogP) is 3.57. The number of nitrogens with one attached hydrogen (secondary N) is 1. The van der Waals surface area contributed by atoms with Crippen LogP contribution in [0.5, 0.6) is 0 Å². The Morgan fingerprint density at radius 1 is 1.33 bits per heavy atom. The predicted molar refractivity (Wildman–Crippen MR) is 114 cm³/mol. The van der Waals surface area contributed by atoms with Crippen LogP contribution in [0, 0.1) is 0 Å². The van der Waals surface area contributed by atoms with E-state index in [1.165, 1.54) is 11.3 Å². The Morgan fingerprint density at radius 2 is 2.23 bits per heavy atom. The molecule has 2 aliphatic rings. The molecule has 8 heteroatoms. The summed E-state index contributed by atoms with van der Waals surface area (Å²) in [4.78, 5) is 37.2. The second-order valence-electron chi connectivity index (χ2n) is 7.78. The number of aromatic nitrogens is 3. The number of carbonyl (C=O) groups excluding carboxylic acids is 2. The lowest BCUT2D eigenvalue weighted by Crippen LogP contribution is -2.38. The molecule has 7 nitrogen and oxygen atoms in total. The number of carbonyl (C=O) groups is 2. The van der Waals surface area contributed by atoms with Crippen molar-refractivity contribution >= 4 is 28.3 Å². The molecule has 1 unspecified atom stereocenters. The standard InChI is InChI=1S/C22H23N5O2S/c1-2-4-14-6-7-15-12-27(21(29)16(15)11-14)19(20(28)25-22-23-8-10-30-22)18-17-5-3-9-26(17)13-24-18/h6-8,10-11,13,19H,2-5,9,12H2,1H3,(H,23,25,28). The molecule has 0 radical (unpaired) electrons. The fourth-order valence-corrected chi connectivity index (χ4v) is 4.96. The number of thiazole rings is 1. The van der Waals surface area contributed by atoms with Crippen molar-refractivity contribution in [2.75, 3.05) is 5.32 Å². The Hall–Kier alpha value is -3.00. The van der Waals surface area contributed by atoms with Gasteiger partial charge >= 0.3 is 0 Å². The largest absolute Gasteiger partial charge is 0.334 e. The van der Waals surface area contributed by atoms with Gasteiger partial charge in [0.1, 0.15) is 0 Å². The number of benzene rings is 1. The summed E-state index contributed by atoms with van der Waals surface area (Å²) in [6.07, 6.45) is 7.29. The van der Waals surface area contributed by atoms with Crippen LogP contribution >= 0.6 is 11.3 Å². The van der Waals surface area contributed by atoms with Crippen LogP contribution in [0.4, 0.5) is 5.13 Å². The molecule has 30 heavy (non-hydrogen) atoms. The van der Waals surface area contributed by atoms with Crippen molar-refractivity contribution < 1.29 is 9.59 Å². The van der Waals surface area contributed by atoms with Crippen LogP contribution in [-0.4, -0.2) is 31.2 Å². The molecule has 1 atom stereocenters. The van der Waals surface area contributed by atoms with Crippen LogP contribution in [0.2, 0.25) is 0 Å². The van der Waals surface area contributed by atoms with Gasteiger partial charge in [0, 0.05) is 35.9 Å². The van der Waals surface area contributed by atoms with E-state index in [-0.39, 0.29) is 11.8 Å². The molecule has 3 aromatic rings. The number of rotatable bonds is 6. The van der Waals surface area contributed by atoms with E-state index in [1.807, 2.05) is 17.5 Å². The summed E-state index contributed by atoms with van der Waals surface area (Å²) in [6.45, 7) is 3.43. The molecule has 0 spiro atoms. The van der Waals surface area contributed by atoms with Gasteiger partial charge in [-0.05, 0) is 36.5 Å². The van der Waals surface area contributed by atoms with Crippen molar-refractivity contribution in [3.63, 3.8) is 0 Å². The molecule has 0 saturated carbocycles. The molecule has 0 aliphatic carbocycles. The Balaban J connectivity index is 1.51. The summed E-state index contributed by atoms with van der Waals surface area (Å²) in [6, 6.07) is 5.30. The molecule has 2 aliphatic heterocycles. The van der Waals surface area contributed by atoms with E-state index in [0.29, 0.717) is 22.9 Å². The summed E-state index contributed by atoms with van der Waals surface area (Å²) in [5.41, 5.74) is 4.53. The van der Waals surface area contributed by atoms with Gasteiger partial charge in [-0.1, -0.05) is 25.5 Å². The third kappa shape index (κ3) is 3.21. The first-order valence-corrected chi connectivity index (χ1v) is 11.2. The SMILES string of the molecule is CCCc1ccc2c(c1)C(=O)N(C(C(=O)Nc1nccs1)c1ncn3c1CCC3)C2. The number of hydrogen-bond donors (Lipinski definition) is 1. The van der Waals surface area contributed by atoms with E-state index >= 15 is 0 Å². The number of imidazole rings is 1. The van der Waals surface area contributed by atoms with Gasteiger partial charge in [0.25, 0.3) is 11.8 Å². The lowest BCUT2D eigenvalue weighted by Gasteiger charge is -2.26. The van der Waals surface area contributed by atoms with Gasteiger partial charge < -0.3 is 9.47 Å². The maximum Gasteiger partial charge on any atom is 0.255 e. The van der Waals surface area contributed by atoms with Gasteiger partial charge in [0.05, 0.1) is 12.0 Å².